The lowest BCUT2D eigenvalue weighted by Crippen LogP contribution is -2.23. The molecule has 0 radical (unpaired) electrons. The molecule has 1 fully saturated rings. The third-order valence-corrected chi connectivity index (χ3v) is 5.06. The van der Waals surface area contributed by atoms with Gasteiger partial charge in [0.15, 0.2) is 5.17 Å². The van der Waals surface area contributed by atoms with E-state index < -0.39 is 0 Å². The number of methoxy groups -OCH3 is 1. The molecule has 1 aliphatic rings. The maximum absolute atomic E-state index is 12.5. The normalized spacial score (nSPS) is 17.6. The fourth-order valence-electron chi connectivity index (χ4n) is 2.45. The molecule has 5 heteroatoms. The highest BCUT2D eigenvalue weighted by atomic mass is 32.2. The summed E-state index contributed by atoms with van der Waals surface area (Å²) >= 11 is 1.40. The van der Waals surface area contributed by atoms with Gasteiger partial charge in [0.25, 0.3) is 5.91 Å². The van der Waals surface area contributed by atoms with Gasteiger partial charge in [0, 0.05) is 7.05 Å². The van der Waals surface area contributed by atoms with E-state index in [1.165, 1.54) is 11.8 Å². The predicted octanol–water partition coefficient (Wildman–Crippen LogP) is 4.55. The second-order valence-electron chi connectivity index (χ2n) is 5.93. The zero-order valence-electron chi connectivity index (χ0n) is 14.7. The minimum atomic E-state index is -0.0372. The number of aliphatic imine (C=N–C) groups is 1. The summed E-state index contributed by atoms with van der Waals surface area (Å²) in [4.78, 5) is 19.5. The van der Waals surface area contributed by atoms with E-state index in [1.807, 2.05) is 56.3 Å². The van der Waals surface area contributed by atoms with Gasteiger partial charge in [0.2, 0.25) is 0 Å². The van der Waals surface area contributed by atoms with Crippen molar-refractivity contribution in [1.82, 2.24) is 4.90 Å². The molecular weight excluding hydrogens is 332 g/mol. The molecule has 0 unspecified atom stereocenters. The van der Waals surface area contributed by atoms with Crippen molar-refractivity contribution in [2.24, 2.45) is 4.99 Å². The van der Waals surface area contributed by atoms with Crippen LogP contribution in [0.1, 0.15) is 16.7 Å². The number of thioether (sulfide) groups is 1. The lowest BCUT2D eigenvalue weighted by Gasteiger charge is -2.08. The van der Waals surface area contributed by atoms with Gasteiger partial charge in [-0.3, -0.25) is 9.69 Å². The van der Waals surface area contributed by atoms with Crippen molar-refractivity contribution in [1.29, 1.82) is 0 Å². The van der Waals surface area contributed by atoms with Gasteiger partial charge in [-0.2, -0.15) is 0 Å². The Morgan fingerprint density at radius 1 is 1.12 bits per heavy atom. The van der Waals surface area contributed by atoms with Gasteiger partial charge in [-0.1, -0.05) is 24.3 Å². The number of amidine groups is 1. The first kappa shape index (κ1) is 17.3. The van der Waals surface area contributed by atoms with Gasteiger partial charge in [-0.15, -0.1) is 0 Å². The standard InChI is InChI=1S/C20H20N2O2S/c1-13-5-6-14(2)17(11-13)21-20-22(3)19(23)18(25-20)12-15-7-9-16(24-4)10-8-15/h5-12H,1-4H3/b18-12-,21-20?. The fraction of sp³-hybridized carbons (Fsp3) is 0.200. The third-order valence-electron chi connectivity index (χ3n) is 4.00. The van der Waals surface area contributed by atoms with Crippen LogP contribution in [0.2, 0.25) is 0 Å². The molecule has 1 amide bonds. The second kappa shape index (κ2) is 7.15. The van der Waals surface area contributed by atoms with E-state index in [9.17, 15) is 4.79 Å². The number of amides is 1. The molecule has 0 N–H and O–H groups in total. The predicted molar refractivity (Wildman–Crippen MR) is 104 cm³/mol. The Labute approximate surface area is 152 Å². The zero-order valence-corrected chi connectivity index (χ0v) is 15.6. The van der Waals surface area contributed by atoms with Crippen molar-refractivity contribution < 1.29 is 9.53 Å². The minimum Gasteiger partial charge on any atom is -0.497 e. The molecule has 4 nitrogen and oxygen atoms in total. The number of benzene rings is 2. The summed E-state index contributed by atoms with van der Waals surface area (Å²) in [5.41, 5.74) is 4.09. The highest BCUT2D eigenvalue weighted by Crippen LogP contribution is 2.34. The number of carbonyl (C=O) groups excluding carboxylic acids is 1. The van der Waals surface area contributed by atoms with Gasteiger partial charge in [0.05, 0.1) is 17.7 Å². The summed E-state index contributed by atoms with van der Waals surface area (Å²) in [6.07, 6.45) is 1.88. The summed E-state index contributed by atoms with van der Waals surface area (Å²) in [5.74, 6) is 0.756. The smallest absolute Gasteiger partial charge is 0.266 e. The van der Waals surface area contributed by atoms with Crippen molar-refractivity contribution in [3.05, 3.63) is 64.1 Å². The van der Waals surface area contributed by atoms with Gasteiger partial charge in [0.1, 0.15) is 5.75 Å². The molecule has 0 aromatic heterocycles. The number of nitrogens with zero attached hydrogens (tertiary/aromatic N) is 2. The highest BCUT2D eigenvalue weighted by molar-refractivity contribution is 8.18. The molecule has 1 saturated heterocycles. The molecular formula is C20H20N2O2S. The van der Waals surface area contributed by atoms with E-state index in [0.29, 0.717) is 10.1 Å². The number of hydrogen-bond donors (Lipinski definition) is 0. The topological polar surface area (TPSA) is 41.9 Å². The van der Waals surface area contributed by atoms with Crippen LogP contribution in [0.5, 0.6) is 5.75 Å². The molecule has 128 valence electrons. The zero-order chi connectivity index (χ0) is 18.0. The van der Waals surface area contributed by atoms with Crippen molar-refractivity contribution in [2.45, 2.75) is 13.8 Å². The Bertz CT molecular complexity index is 870. The van der Waals surface area contributed by atoms with Crippen molar-refractivity contribution in [3.8, 4) is 5.75 Å². The first-order chi connectivity index (χ1) is 12.0. The number of hydrogen-bond acceptors (Lipinski definition) is 4. The van der Waals surface area contributed by atoms with Gasteiger partial charge < -0.3 is 4.74 Å². The number of rotatable bonds is 3. The lowest BCUT2D eigenvalue weighted by atomic mass is 10.1. The van der Waals surface area contributed by atoms with E-state index in [-0.39, 0.29) is 5.91 Å². The van der Waals surface area contributed by atoms with Crippen molar-refractivity contribution >= 4 is 34.6 Å². The summed E-state index contributed by atoms with van der Waals surface area (Å²) in [6, 6.07) is 13.8. The number of carbonyl (C=O) groups is 1. The number of ether oxygens (including phenoxy) is 1. The maximum Gasteiger partial charge on any atom is 0.266 e. The Balaban J connectivity index is 1.90. The first-order valence-corrected chi connectivity index (χ1v) is 8.77. The van der Waals surface area contributed by atoms with E-state index >= 15 is 0 Å². The van der Waals surface area contributed by atoms with E-state index in [4.69, 9.17) is 9.73 Å². The highest BCUT2D eigenvalue weighted by Gasteiger charge is 2.30. The first-order valence-electron chi connectivity index (χ1n) is 7.95. The molecule has 2 aromatic carbocycles. The third kappa shape index (κ3) is 3.77. The number of likely N-dealkylation sites (N-methyl/N-ethyl adjacent to an activating group) is 1. The number of aryl methyl sites for hydroxylation is 2. The SMILES string of the molecule is COc1ccc(/C=C2\SC(=Nc3cc(C)ccc3C)N(C)C2=O)cc1. The average Bonchev–Trinajstić information content (AvgIpc) is 2.87. The van der Waals surface area contributed by atoms with E-state index in [1.54, 1.807) is 19.1 Å². The molecule has 3 rings (SSSR count). The Hall–Kier alpha value is -2.53. The Morgan fingerprint density at radius 2 is 1.84 bits per heavy atom. The van der Waals surface area contributed by atoms with Crippen LogP contribution in [0.15, 0.2) is 52.4 Å². The largest absolute Gasteiger partial charge is 0.497 e. The van der Waals surface area contributed by atoms with Gasteiger partial charge in [-0.05, 0) is 66.6 Å². The van der Waals surface area contributed by atoms with Crippen molar-refractivity contribution in [2.75, 3.05) is 14.2 Å². The van der Waals surface area contributed by atoms with E-state index in [0.717, 1.165) is 28.1 Å². The Kier molecular flexibility index (Phi) is 4.95. The molecule has 25 heavy (non-hydrogen) atoms. The molecule has 0 bridgehead atoms. The molecule has 1 aliphatic heterocycles. The van der Waals surface area contributed by atoms with Crippen LogP contribution in [-0.2, 0) is 4.79 Å². The fourth-order valence-corrected chi connectivity index (χ4v) is 3.43. The van der Waals surface area contributed by atoms with Crippen LogP contribution >= 0.6 is 11.8 Å². The van der Waals surface area contributed by atoms with Crippen LogP contribution in [0.3, 0.4) is 0 Å². The van der Waals surface area contributed by atoms with Crippen LogP contribution in [0, 0.1) is 13.8 Å². The molecule has 0 saturated carbocycles. The second-order valence-corrected chi connectivity index (χ2v) is 6.94. The Morgan fingerprint density at radius 3 is 2.52 bits per heavy atom. The summed E-state index contributed by atoms with van der Waals surface area (Å²) in [7, 11) is 3.39. The van der Waals surface area contributed by atoms with Crippen molar-refractivity contribution in [3.63, 3.8) is 0 Å². The quantitative estimate of drug-likeness (QED) is 0.761. The summed E-state index contributed by atoms with van der Waals surface area (Å²) < 4.78 is 5.16. The molecule has 1 heterocycles. The van der Waals surface area contributed by atoms with Crippen LogP contribution in [0.4, 0.5) is 5.69 Å². The van der Waals surface area contributed by atoms with Gasteiger partial charge in [-0.25, -0.2) is 4.99 Å². The van der Waals surface area contributed by atoms with Crippen LogP contribution in [0.25, 0.3) is 6.08 Å². The van der Waals surface area contributed by atoms with E-state index in [2.05, 4.69) is 6.07 Å². The average molecular weight is 352 g/mol. The molecule has 0 spiro atoms. The molecule has 2 aromatic rings. The minimum absolute atomic E-state index is 0.0372. The van der Waals surface area contributed by atoms with Crippen LogP contribution in [-0.4, -0.2) is 30.1 Å². The van der Waals surface area contributed by atoms with Gasteiger partial charge >= 0.3 is 0 Å². The van der Waals surface area contributed by atoms with Crippen LogP contribution < -0.4 is 4.74 Å². The lowest BCUT2D eigenvalue weighted by molar-refractivity contribution is -0.121. The maximum atomic E-state index is 12.5. The molecule has 0 atom stereocenters. The monoisotopic (exact) mass is 352 g/mol. The molecule has 0 aliphatic carbocycles. The summed E-state index contributed by atoms with van der Waals surface area (Å²) in [6.45, 7) is 4.06. The summed E-state index contributed by atoms with van der Waals surface area (Å²) in [5, 5.41) is 0.693.